The lowest BCUT2D eigenvalue weighted by Crippen LogP contribution is -1.93. The van der Waals surface area contributed by atoms with E-state index in [1.54, 1.807) is 6.07 Å². The Morgan fingerprint density at radius 1 is 1.67 bits per heavy atom. The van der Waals surface area contributed by atoms with Gasteiger partial charge in [0.05, 0.1) is 10.7 Å². The van der Waals surface area contributed by atoms with E-state index in [0.717, 1.165) is 0 Å². The van der Waals surface area contributed by atoms with Gasteiger partial charge in [-0.2, -0.15) is 0 Å². The van der Waals surface area contributed by atoms with Gasteiger partial charge in [-0.25, -0.2) is 4.98 Å². The molecule has 1 rings (SSSR count). The number of rotatable bonds is 2. The van der Waals surface area contributed by atoms with Gasteiger partial charge in [-0.15, -0.1) is 0 Å². The first-order valence-electron chi connectivity index (χ1n) is 4.15. The van der Waals surface area contributed by atoms with Crippen LogP contribution in [0.2, 0.25) is 5.02 Å². The summed E-state index contributed by atoms with van der Waals surface area (Å²) in [5, 5.41) is 3.82. The standard InChI is InChI=1S/C9H8ClN5/c10-7-5-8(11)9(13-6-7)3-1-2-4-14-15-12/h5-6H,2,4,11H2. The number of hydrogen-bond donors (Lipinski definition) is 1. The first-order valence-corrected chi connectivity index (χ1v) is 4.52. The summed E-state index contributed by atoms with van der Waals surface area (Å²) in [5.41, 5.74) is 14.6. The minimum Gasteiger partial charge on any atom is -0.396 e. The third-order valence-corrected chi connectivity index (χ3v) is 1.70. The number of aromatic nitrogens is 1. The van der Waals surface area contributed by atoms with Crippen LogP contribution in [0.25, 0.3) is 10.4 Å². The smallest absolute Gasteiger partial charge is 0.136 e. The molecule has 0 spiro atoms. The maximum absolute atomic E-state index is 8.02. The molecule has 0 aliphatic rings. The quantitative estimate of drug-likeness (QED) is 0.273. The molecule has 0 saturated carbocycles. The normalized spacial score (nSPS) is 8.60. The van der Waals surface area contributed by atoms with Gasteiger partial charge < -0.3 is 5.73 Å². The molecule has 5 nitrogen and oxygen atoms in total. The van der Waals surface area contributed by atoms with Gasteiger partial charge in [-0.05, 0) is 17.5 Å². The zero-order valence-corrected chi connectivity index (χ0v) is 8.57. The molecule has 0 aliphatic heterocycles. The second-order valence-corrected chi connectivity index (χ2v) is 3.03. The Kier molecular flexibility index (Phi) is 4.30. The highest BCUT2D eigenvalue weighted by Gasteiger charge is 1.96. The lowest BCUT2D eigenvalue weighted by Gasteiger charge is -1.96. The maximum Gasteiger partial charge on any atom is 0.136 e. The highest BCUT2D eigenvalue weighted by molar-refractivity contribution is 6.30. The van der Waals surface area contributed by atoms with Gasteiger partial charge in [0.1, 0.15) is 5.69 Å². The molecule has 76 valence electrons. The van der Waals surface area contributed by atoms with Crippen LogP contribution >= 0.6 is 11.6 Å². The number of nitrogens with zero attached hydrogens (tertiary/aromatic N) is 4. The molecule has 15 heavy (non-hydrogen) atoms. The highest BCUT2D eigenvalue weighted by atomic mass is 35.5. The summed E-state index contributed by atoms with van der Waals surface area (Å²) >= 11 is 5.67. The molecular formula is C9H8ClN5. The predicted octanol–water partition coefficient (Wildman–Crippen LogP) is 2.37. The van der Waals surface area contributed by atoms with Crippen molar-refractivity contribution in [1.82, 2.24) is 4.98 Å². The molecule has 1 heterocycles. The minimum absolute atomic E-state index is 0.344. The van der Waals surface area contributed by atoms with Crippen molar-refractivity contribution in [2.24, 2.45) is 5.11 Å². The Morgan fingerprint density at radius 2 is 2.47 bits per heavy atom. The summed E-state index contributed by atoms with van der Waals surface area (Å²) in [6.07, 6.45) is 1.96. The van der Waals surface area contributed by atoms with E-state index in [-0.39, 0.29) is 0 Å². The Bertz CT molecular complexity index is 453. The van der Waals surface area contributed by atoms with Crippen molar-refractivity contribution in [1.29, 1.82) is 0 Å². The van der Waals surface area contributed by atoms with E-state index in [1.165, 1.54) is 6.20 Å². The molecular weight excluding hydrogens is 214 g/mol. The van der Waals surface area contributed by atoms with Crippen LogP contribution < -0.4 is 5.73 Å². The van der Waals surface area contributed by atoms with Gasteiger partial charge in [-0.3, -0.25) is 0 Å². The molecule has 6 heteroatoms. The van der Waals surface area contributed by atoms with E-state index < -0.39 is 0 Å². The second kappa shape index (κ2) is 5.76. The molecule has 0 atom stereocenters. The monoisotopic (exact) mass is 221 g/mol. The molecule has 0 bridgehead atoms. The Balaban J connectivity index is 2.67. The van der Waals surface area contributed by atoms with E-state index in [4.69, 9.17) is 22.9 Å². The number of nitrogen functional groups attached to an aromatic ring is 1. The molecule has 0 amide bonds. The van der Waals surface area contributed by atoms with Crippen molar-refractivity contribution in [3.05, 3.63) is 33.4 Å². The van der Waals surface area contributed by atoms with Crippen LogP contribution in [0.5, 0.6) is 0 Å². The van der Waals surface area contributed by atoms with Gasteiger partial charge >= 0.3 is 0 Å². The maximum atomic E-state index is 8.02. The van der Waals surface area contributed by atoms with Gasteiger partial charge in [0.25, 0.3) is 0 Å². The first-order chi connectivity index (χ1) is 7.24. The van der Waals surface area contributed by atoms with Gasteiger partial charge in [-0.1, -0.05) is 22.6 Å². The number of hydrogen-bond acceptors (Lipinski definition) is 3. The van der Waals surface area contributed by atoms with Crippen molar-refractivity contribution in [3.8, 4) is 11.8 Å². The van der Waals surface area contributed by atoms with Crippen LogP contribution in [0.1, 0.15) is 12.1 Å². The van der Waals surface area contributed by atoms with Crippen molar-refractivity contribution in [2.75, 3.05) is 12.3 Å². The average Bonchev–Trinajstić information content (AvgIpc) is 2.20. The van der Waals surface area contributed by atoms with Gasteiger partial charge in [0.2, 0.25) is 0 Å². The van der Waals surface area contributed by atoms with Crippen molar-refractivity contribution < 1.29 is 0 Å². The second-order valence-electron chi connectivity index (χ2n) is 2.60. The van der Waals surface area contributed by atoms with Gasteiger partial charge in [0.15, 0.2) is 0 Å². The predicted molar refractivity (Wildman–Crippen MR) is 59.2 cm³/mol. The first kappa shape index (κ1) is 11.2. The van der Waals surface area contributed by atoms with E-state index in [2.05, 4.69) is 26.9 Å². The Hall–Kier alpha value is -1.89. The molecule has 1 aromatic rings. The van der Waals surface area contributed by atoms with E-state index in [1.807, 2.05) is 0 Å². The fourth-order valence-corrected chi connectivity index (χ4v) is 1.02. The Labute approximate surface area is 91.9 Å². The van der Waals surface area contributed by atoms with E-state index in [9.17, 15) is 0 Å². The van der Waals surface area contributed by atoms with Crippen LogP contribution in [0, 0.1) is 11.8 Å². The summed E-state index contributed by atoms with van der Waals surface area (Å²) < 4.78 is 0. The molecule has 0 fully saturated rings. The third-order valence-electron chi connectivity index (χ3n) is 1.49. The average molecular weight is 222 g/mol. The van der Waals surface area contributed by atoms with E-state index in [0.29, 0.717) is 29.4 Å². The van der Waals surface area contributed by atoms with Crippen molar-refractivity contribution in [2.45, 2.75) is 6.42 Å². The van der Waals surface area contributed by atoms with Crippen LogP contribution in [-0.4, -0.2) is 11.5 Å². The number of pyridine rings is 1. The SMILES string of the molecule is [N-]=[N+]=NCCC#Cc1ncc(Cl)cc1N. The summed E-state index contributed by atoms with van der Waals surface area (Å²) in [6, 6.07) is 1.59. The zero-order valence-electron chi connectivity index (χ0n) is 7.81. The number of nitrogens with two attached hydrogens (primary N) is 1. The summed E-state index contributed by atoms with van der Waals surface area (Å²) in [4.78, 5) is 6.57. The largest absolute Gasteiger partial charge is 0.396 e. The third kappa shape index (κ3) is 3.77. The van der Waals surface area contributed by atoms with Gasteiger partial charge in [0, 0.05) is 24.1 Å². The fraction of sp³-hybridized carbons (Fsp3) is 0.222. The lowest BCUT2D eigenvalue weighted by atomic mass is 10.3. The number of azide groups is 1. The topological polar surface area (TPSA) is 87.7 Å². The van der Waals surface area contributed by atoms with E-state index >= 15 is 0 Å². The minimum atomic E-state index is 0.344. The summed E-state index contributed by atoms with van der Waals surface area (Å²) in [5.74, 6) is 5.57. The number of halogens is 1. The van der Waals surface area contributed by atoms with Crippen molar-refractivity contribution >= 4 is 17.3 Å². The van der Waals surface area contributed by atoms with Crippen molar-refractivity contribution in [3.63, 3.8) is 0 Å². The summed E-state index contributed by atoms with van der Waals surface area (Å²) in [7, 11) is 0. The molecule has 1 aromatic heterocycles. The highest BCUT2D eigenvalue weighted by Crippen LogP contribution is 2.13. The summed E-state index contributed by atoms with van der Waals surface area (Å²) in [6.45, 7) is 0.344. The van der Waals surface area contributed by atoms with Crippen LogP contribution in [-0.2, 0) is 0 Å². The molecule has 0 saturated heterocycles. The molecule has 0 aromatic carbocycles. The van der Waals surface area contributed by atoms with Crippen LogP contribution in [0.3, 0.4) is 0 Å². The molecule has 2 N–H and O–H groups in total. The lowest BCUT2D eigenvalue weighted by molar-refractivity contribution is 1.01. The molecule has 0 radical (unpaired) electrons. The molecule has 0 unspecified atom stereocenters. The van der Waals surface area contributed by atoms with Crippen LogP contribution in [0.4, 0.5) is 5.69 Å². The zero-order chi connectivity index (χ0) is 11.1. The number of anilines is 1. The fourth-order valence-electron chi connectivity index (χ4n) is 0.856. The van der Waals surface area contributed by atoms with Crippen LogP contribution in [0.15, 0.2) is 17.4 Å². The molecule has 0 aliphatic carbocycles. The Morgan fingerprint density at radius 3 is 3.13 bits per heavy atom.